The molecule has 2 heterocycles. The van der Waals surface area contributed by atoms with Crippen molar-refractivity contribution in [3.05, 3.63) is 34.4 Å². The third-order valence-corrected chi connectivity index (χ3v) is 11.9. The van der Waals surface area contributed by atoms with E-state index in [1.807, 2.05) is 11.0 Å². The summed E-state index contributed by atoms with van der Waals surface area (Å²) in [6, 6.07) is 3.81. The molecule has 4 saturated carbocycles. The van der Waals surface area contributed by atoms with Crippen LogP contribution in [0.3, 0.4) is 0 Å². The Morgan fingerprint density at radius 3 is 2.73 bits per heavy atom. The molecule has 204 valence electrons. The number of rotatable bonds is 2. The Kier molecular flexibility index (Phi) is 6.46. The summed E-state index contributed by atoms with van der Waals surface area (Å²) < 4.78 is 5.23. The maximum atomic E-state index is 13.0. The molecule has 0 spiro atoms. The monoisotopic (exact) mass is 511 g/mol. The van der Waals surface area contributed by atoms with Gasteiger partial charge in [-0.15, -0.1) is 0 Å². The van der Waals surface area contributed by atoms with E-state index in [0.717, 1.165) is 96.0 Å². The number of carbonyl (C=O) groups excluding carboxylic acids is 1. The van der Waals surface area contributed by atoms with E-state index >= 15 is 0 Å². The van der Waals surface area contributed by atoms with E-state index in [4.69, 9.17) is 4.42 Å². The van der Waals surface area contributed by atoms with E-state index < -0.39 is 5.60 Å². The van der Waals surface area contributed by atoms with E-state index in [1.54, 1.807) is 6.26 Å². The molecule has 8 atom stereocenters. The van der Waals surface area contributed by atoms with Crippen LogP contribution in [0.5, 0.6) is 0 Å². The summed E-state index contributed by atoms with van der Waals surface area (Å²) in [4.78, 5) is 26.5. The lowest BCUT2D eigenvalue weighted by Gasteiger charge is -2.63. The van der Waals surface area contributed by atoms with Crippen molar-refractivity contribution >= 4 is 6.03 Å². The Hall–Kier alpha value is -1.86. The Morgan fingerprint density at radius 1 is 1.05 bits per heavy atom. The molecule has 5 aliphatic rings. The minimum Gasteiger partial charge on any atom is -0.431 e. The molecule has 7 nitrogen and oxygen atoms in total. The van der Waals surface area contributed by atoms with Crippen molar-refractivity contribution in [2.45, 2.75) is 95.6 Å². The zero-order valence-electron chi connectivity index (χ0n) is 22.6. The topological polar surface area (TPSA) is 94.8 Å². The number of amides is 2. The van der Waals surface area contributed by atoms with E-state index in [0.29, 0.717) is 17.8 Å². The number of nitrogens with zero attached hydrogens (tertiary/aromatic N) is 1. The molecule has 1 aliphatic heterocycles. The van der Waals surface area contributed by atoms with Crippen molar-refractivity contribution in [2.75, 3.05) is 26.2 Å². The van der Waals surface area contributed by atoms with Crippen LogP contribution >= 0.6 is 0 Å². The Balaban J connectivity index is 1.16. The summed E-state index contributed by atoms with van der Waals surface area (Å²) in [6.45, 7) is 8.29. The molecule has 0 bridgehead atoms. The first kappa shape index (κ1) is 25.4. The van der Waals surface area contributed by atoms with Gasteiger partial charge in [0, 0.05) is 37.2 Å². The molecule has 7 heteroatoms. The van der Waals surface area contributed by atoms with Crippen LogP contribution in [0.15, 0.2) is 27.6 Å². The zero-order chi connectivity index (χ0) is 25.8. The standard InChI is InChI=1S/C30H45N3O4/c1-28-11-8-22(32-27(35)33-16-3-14-31-15-17-33)18-21(28)5-6-25-24(28)9-12-29(2)23(10-13-30(25,29)36)20-4-7-26(34)37-19-20/h4,7,19,21-25,31,36H,3,5-6,8-18H2,1-2H3,(H,32,35). The number of hydrogen-bond acceptors (Lipinski definition) is 5. The van der Waals surface area contributed by atoms with Crippen LogP contribution in [0.1, 0.15) is 89.5 Å². The summed E-state index contributed by atoms with van der Waals surface area (Å²) >= 11 is 0. The Morgan fingerprint density at radius 2 is 1.92 bits per heavy atom. The summed E-state index contributed by atoms with van der Waals surface area (Å²) in [5.74, 6) is 1.69. The Bertz CT molecular complexity index is 1050. The molecule has 1 saturated heterocycles. The summed E-state index contributed by atoms with van der Waals surface area (Å²) in [5, 5.41) is 19.2. The van der Waals surface area contributed by atoms with Gasteiger partial charge < -0.3 is 25.1 Å². The predicted octanol–water partition coefficient (Wildman–Crippen LogP) is 4.25. The van der Waals surface area contributed by atoms with Gasteiger partial charge in [-0.05, 0) is 111 Å². The van der Waals surface area contributed by atoms with Crippen LogP contribution in [-0.2, 0) is 0 Å². The smallest absolute Gasteiger partial charge is 0.335 e. The number of nitrogens with one attached hydrogen (secondary N) is 2. The van der Waals surface area contributed by atoms with E-state index in [1.165, 1.54) is 6.07 Å². The number of fused-ring (bicyclic) bond motifs is 5. The van der Waals surface area contributed by atoms with Crippen LogP contribution in [0, 0.1) is 28.6 Å². The number of aliphatic hydroxyl groups is 1. The van der Waals surface area contributed by atoms with Gasteiger partial charge in [-0.2, -0.15) is 0 Å². The van der Waals surface area contributed by atoms with E-state index in [9.17, 15) is 14.7 Å². The molecule has 6 rings (SSSR count). The molecule has 4 aliphatic carbocycles. The van der Waals surface area contributed by atoms with Crippen LogP contribution < -0.4 is 16.3 Å². The summed E-state index contributed by atoms with van der Waals surface area (Å²) in [7, 11) is 0. The van der Waals surface area contributed by atoms with Crippen LogP contribution in [0.25, 0.3) is 0 Å². The molecule has 37 heavy (non-hydrogen) atoms. The van der Waals surface area contributed by atoms with Crippen molar-refractivity contribution in [2.24, 2.45) is 28.6 Å². The molecule has 1 aromatic heterocycles. The van der Waals surface area contributed by atoms with Crippen molar-refractivity contribution in [1.82, 2.24) is 15.5 Å². The normalized spacial score (nSPS) is 43.8. The third-order valence-electron chi connectivity index (χ3n) is 11.9. The number of hydrogen-bond donors (Lipinski definition) is 3. The second-order valence-electron chi connectivity index (χ2n) is 13.4. The van der Waals surface area contributed by atoms with Crippen molar-refractivity contribution in [1.29, 1.82) is 0 Å². The highest BCUT2D eigenvalue weighted by Gasteiger charge is 2.67. The first-order valence-electron chi connectivity index (χ1n) is 14.8. The minimum atomic E-state index is -0.670. The van der Waals surface area contributed by atoms with Gasteiger partial charge in [0.1, 0.15) is 0 Å². The highest BCUT2D eigenvalue weighted by molar-refractivity contribution is 5.74. The molecular formula is C30H45N3O4. The molecule has 8 unspecified atom stereocenters. The average molecular weight is 512 g/mol. The van der Waals surface area contributed by atoms with Crippen LogP contribution in [-0.4, -0.2) is 53.9 Å². The lowest BCUT2D eigenvalue weighted by Crippen LogP contribution is -2.62. The number of urea groups is 1. The van der Waals surface area contributed by atoms with Crippen LogP contribution in [0.2, 0.25) is 0 Å². The molecule has 1 aromatic rings. The highest BCUT2D eigenvalue weighted by Crippen LogP contribution is 2.70. The summed E-state index contributed by atoms with van der Waals surface area (Å²) in [6.07, 6.45) is 12.0. The third kappa shape index (κ3) is 4.07. The van der Waals surface area contributed by atoms with Crippen LogP contribution in [0.4, 0.5) is 4.79 Å². The van der Waals surface area contributed by atoms with Gasteiger partial charge in [-0.3, -0.25) is 0 Å². The largest absolute Gasteiger partial charge is 0.431 e. The molecule has 5 fully saturated rings. The maximum Gasteiger partial charge on any atom is 0.335 e. The molecule has 0 radical (unpaired) electrons. The second-order valence-corrected chi connectivity index (χ2v) is 13.4. The Labute approximate surface area is 220 Å². The van der Waals surface area contributed by atoms with E-state index in [-0.39, 0.29) is 34.4 Å². The van der Waals surface area contributed by atoms with Gasteiger partial charge in [0.2, 0.25) is 0 Å². The maximum absolute atomic E-state index is 13.0. The highest BCUT2D eigenvalue weighted by atomic mass is 16.4. The fraction of sp³-hybridized carbons (Fsp3) is 0.800. The fourth-order valence-corrected chi connectivity index (χ4v) is 9.77. The minimum absolute atomic E-state index is 0.113. The molecule has 0 aromatic carbocycles. The lowest BCUT2D eigenvalue weighted by atomic mass is 9.43. The van der Waals surface area contributed by atoms with E-state index in [2.05, 4.69) is 24.5 Å². The summed E-state index contributed by atoms with van der Waals surface area (Å²) in [5.41, 5.74) is 0.118. The molecule has 3 N–H and O–H groups in total. The second kappa shape index (κ2) is 9.41. The van der Waals surface area contributed by atoms with Crippen molar-refractivity contribution in [3.8, 4) is 0 Å². The van der Waals surface area contributed by atoms with Crippen molar-refractivity contribution < 1.29 is 14.3 Å². The first-order chi connectivity index (χ1) is 17.7. The predicted molar refractivity (Wildman–Crippen MR) is 142 cm³/mol. The van der Waals surface area contributed by atoms with Gasteiger partial charge in [0.05, 0.1) is 11.9 Å². The molecular weight excluding hydrogens is 466 g/mol. The molecule has 2 amide bonds. The zero-order valence-corrected chi connectivity index (χ0v) is 22.6. The van der Waals surface area contributed by atoms with Gasteiger partial charge in [0.25, 0.3) is 0 Å². The SMILES string of the molecule is CC12CCC(NC(=O)N3CCCNCC3)CC1CCC1C2CCC2(C)C(c3ccc(=O)oc3)CCC12O. The van der Waals surface area contributed by atoms with Gasteiger partial charge in [0.15, 0.2) is 0 Å². The quantitative estimate of drug-likeness (QED) is 0.552. The average Bonchev–Trinajstić information content (AvgIpc) is 3.04. The van der Waals surface area contributed by atoms with Crippen molar-refractivity contribution in [3.63, 3.8) is 0 Å². The fourth-order valence-electron chi connectivity index (χ4n) is 9.77. The first-order valence-corrected chi connectivity index (χ1v) is 14.8. The lowest BCUT2D eigenvalue weighted by molar-refractivity contribution is -0.201. The number of carbonyl (C=O) groups is 1. The van der Waals surface area contributed by atoms with Gasteiger partial charge >= 0.3 is 11.7 Å². The van der Waals surface area contributed by atoms with Gasteiger partial charge in [-0.25, -0.2) is 9.59 Å². The van der Waals surface area contributed by atoms with Gasteiger partial charge in [-0.1, -0.05) is 13.8 Å².